The van der Waals surface area contributed by atoms with E-state index in [4.69, 9.17) is 0 Å². The van der Waals surface area contributed by atoms with Crippen LogP contribution in [-0.2, 0) is 0 Å². The van der Waals surface area contributed by atoms with Crippen LogP contribution in [0.15, 0.2) is 121 Å². The van der Waals surface area contributed by atoms with Gasteiger partial charge in [-0.25, -0.2) is 0 Å². The molecule has 0 N–H and O–H groups in total. The molecule has 0 spiro atoms. The van der Waals surface area contributed by atoms with Crippen molar-refractivity contribution in [3.05, 3.63) is 121 Å². The normalized spacial score (nSPS) is 17.6. The smallest absolute Gasteiger partial charge is 0.256 e. The third kappa shape index (κ3) is 3.48. The van der Waals surface area contributed by atoms with Crippen molar-refractivity contribution >= 4 is 49.2 Å². The van der Waals surface area contributed by atoms with Crippen LogP contribution in [-0.4, -0.2) is 37.1 Å². The van der Waals surface area contributed by atoms with Crippen molar-refractivity contribution in [3.63, 3.8) is 0 Å². The lowest BCUT2D eigenvalue weighted by atomic mass is 9.21. The molecule has 4 aromatic rings. The Hall–Kier alpha value is -2.94. The Bertz CT molecular complexity index is 1030. The van der Waals surface area contributed by atoms with Gasteiger partial charge >= 0.3 is 0 Å². The second-order valence-corrected chi connectivity index (χ2v) is 9.90. The maximum atomic E-state index is 2.75. The van der Waals surface area contributed by atoms with E-state index in [1.165, 1.54) is 21.9 Å². The summed E-state index contributed by atoms with van der Waals surface area (Å²) in [6, 6.07) is 44.5. The monoisotopic (exact) mass is 436 g/mol. The zero-order chi connectivity index (χ0) is 23.1. The first-order chi connectivity index (χ1) is 16.8. The first-order valence-electron chi connectivity index (χ1n) is 12.5. The number of nitrogens with zero attached hydrogens (tertiary/aromatic N) is 2. The summed E-state index contributed by atoms with van der Waals surface area (Å²) in [5.74, 6) is 0. The molecular weight excluding hydrogens is 408 g/mol. The van der Waals surface area contributed by atoms with E-state index < -0.39 is 0 Å². The molecule has 0 saturated carbocycles. The maximum absolute atomic E-state index is 2.75. The minimum absolute atomic E-state index is 0.313. The van der Waals surface area contributed by atoms with E-state index >= 15 is 0 Å². The van der Waals surface area contributed by atoms with Gasteiger partial charge in [0.1, 0.15) is 0 Å². The summed E-state index contributed by atoms with van der Waals surface area (Å²) >= 11 is 0. The second kappa shape index (κ2) is 9.02. The molecule has 0 bridgehead atoms. The van der Waals surface area contributed by atoms with Crippen LogP contribution < -0.4 is 21.9 Å². The minimum atomic E-state index is 0.313. The Balaban J connectivity index is 1.58. The van der Waals surface area contributed by atoms with Crippen molar-refractivity contribution < 1.29 is 0 Å². The Morgan fingerprint density at radius 2 is 0.588 bits per heavy atom. The predicted molar refractivity (Wildman–Crippen MR) is 150 cm³/mol. The molecule has 162 valence electrons. The van der Waals surface area contributed by atoms with E-state index in [1.807, 2.05) is 0 Å². The molecule has 0 amide bonds. The molecule has 0 aromatic heterocycles. The zero-order valence-electron chi connectivity index (χ0n) is 19.9. The highest BCUT2D eigenvalue weighted by molar-refractivity contribution is 7.09. The van der Waals surface area contributed by atoms with Crippen LogP contribution in [0.4, 0.5) is 0 Å². The lowest BCUT2D eigenvalue weighted by Gasteiger charge is -2.35. The van der Waals surface area contributed by atoms with Gasteiger partial charge in [0.2, 0.25) is 0 Å². The molecule has 0 aliphatic carbocycles. The van der Waals surface area contributed by atoms with Crippen LogP contribution in [0.5, 0.6) is 0 Å². The predicted octanol–water partition coefficient (Wildman–Crippen LogP) is 2.99. The lowest BCUT2D eigenvalue weighted by molar-refractivity contribution is 0.439. The van der Waals surface area contributed by atoms with E-state index in [-0.39, 0.29) is 0 Å². The van der Waals surface area contributed by atoms with E-state index in [0.29, 0.717) is 38.8 Å². The van der Waals surface area contributed by atoms with E-state index in [1.54, 1.807) is 0 Å². The molecule has 0 radical (unpaired) electrons. The molecule has 2 saturated heterocycles. The van der Waals surface area contributed by atoms with Crippen molar-refractivity contribution in [3.8, 4) is 0 Å². The zero-order valence-corrected chi connectivity index (χ0v) is 19.9. The number of hydrogen-bond acceptors (Lipinski definition) is 2. The highest BCUT2D eigenvalue weighted by atomic mass is 15.5. The fourth-order valence-electron chi connectivity index (χ4n) is 6.66. The molecule has 34 heavy (non-hydrogen) atoms. The molecule has 0 unspecified atom stereocenters. The third-order valence-corrected chi connectivity index (χ3v) is 7.96. The average molecular weight is 436 g/mol. The van der Waals surface area contributed by atoms with Gasteiger partial charge in [0.05, 0.1) is 0 Å². The van der Waals surface area contributed by atoms with Gasteiger partial charge in [0.25, 0.3) is 27.4 Å². The Morgan fingerprint density at radius 3 is 0.794 bits per heavy atom. The van der Waals surface area contributed by atoms with Crippen molar-refractivity contribution in [2.75, 3.05) is 0 Å². The van der Waals surface area contributed by atoms with E-state index in [0.717, 1.165) is 0 Å². The molecule has 2 heterocycles. The van der Waals surface area contributed by atoms with Gasteiger partial charge in [-0.3, -0.25) is 0 Å². The molecule has 2 aliphatic rings. The molecule has 0 atom stereocenters. The summed E-state index contributed by atoms with van der Waals surface area (Å²) in [6.45, 7) is 6.14. The summed E-state index contributed by atoms with van der Waals surface area (Å²) in [4.78, 5) is 5.49. The van der Waals surface area contributed by atoms with Crippen LogP contribution >= 0.6 is 0 Å². The maximum Gasteiger partial charge on any atom is 0.256 e. The first kappa shape index (κ1) is 21.6. The Morgan fingerprint density at radius 1 is 0.382 bits per heavy atom. The average Bonchev–Trinajstić information content (AvgIpc) is 3.34. The van der Waals surface area contributed by atoms with Crippen molar-refractivity contribution in [2.24, 2.45) is 0 Å². The molecule has 4 aromatic carbocycles. The van der Waals surface area contributed by atoms with Gasteiger partial charge in [-0.1, -0.05) is 157 Å². The third-order valence-electron chi connectivity index (χ3n) is 7.96. The highest BCUT2D eigenvalue weighted by Gasteiger charge is 2.63. The number of rotatable bonds is 4. The summed E-state index contributed by atoms with van der Waals surface area (Å²) < 4.78 is 0. The summed E-state index contributed by atoms with van der Waals surface area (Å²) in [5.41, 5.74) is 6.49. The molecular formula is C28H28B4N2. The van der Waals surface area contributed by atoms with Crippen molar-refractivity contribution in [1.82, 2.24) is 9.66 Å². The Kier molecular flexibility index (Phi) is 5.72. The van der Waals surface area contributed by atoms with Gasteiger partial charge in [-0.2, -0.15) is 0 Å². The molecule has 2 nitrogen and oxygen atoms in total. The molecule has 2 aliphatic heterocycles. The SMILES string of the molecule is CC1B(c2ccccc2)N2B(c3ccccc3)C(C)B(c3ccccc3)N2B1c1ccccc1. The minimum Gasteiger partial charge on any atom is -0.331 e. The van der Waals surface area contributed by atoms with Gasteiger partial charge in [0.15, 0.2) is 0 Å². The molecule has 6 heteroatoms. The van der Waals surface area contributed by atoms with E-state index in [9.17, 15) is 0 Å². The fraction of sp³-hybridized carbons (Fsp3) is 0.143. The number of benzene rings is 4. The second-order valence-electron chi connectivity index (χ2n) is 9.90. The van der Waals surface area contributed by atoms with Crippen molar-refractivity contribution in [2.45, 2.75) is 25.3 Å². The van der Waals surface area contributed by atoms with Gasteiger partial charge in [0, 0.05) is 0 Å². The van der Waals surface area contributed by atoms with Crippen LogP contribution in [0.2, 0.25) is 11.4 Å². The summed E-state index contributed by atoms with van der Waals surface area (Å²) in [6.07, 6.45) is 0. The van der Waals surface area contributed by atoms with Crippen LogP contribution in [0.1, 0.15) is 13.8 Å². The van der Waals surface area contributed by atoms with Gasteiger partial charge in [-0.05, 0) is 11.4 Å². The number of hydrogen-bond donors (Lipinski definition) is 0. The molecule has 2 fully saturated rings. The van der Waals surface area contributed by atoms with Crippen molar-refractivity contribution in [1.29, 1.82) is 0 Å². The van der Waals surface area contributed by atoms with Gasteiger partial charge in [-0.15, -0.1) is 0 Å². The van der Waals surface area contributed by atoms with Crippen LogP contribution in [0.25, 0.3) is 0 Å². The van der Waals surface area contributed by atoms with Gasteiger partial charge < -0.3 is 9.66 Å². The quantitative estimate of drug-likeness (QED) is 0.455. The fourth-order valence-corrected chi connectivity index (χ4v) is 6.66. The number of hydrazine groups is 1. The van der Waals surface area contributed by atoms with Crippen LogP contribution in [0, 0.1) is 0 Å². The van der Waals surface area contributed by atoms with Crippen LogP contribution in [0.3, 0.4) is 0 Å². The summed E-state index contributed by atoms with van der Waals surface area (Å²) in [7, 11) is 0. The Labute approximate surface area is 205 Å². The number of fused-ring (bicyclic) bond motifs is 1. The topological polar surface area (TPSA) is 6.48 Å². The molecule has 6 rings (SSSR count). The summed E-state index contributed by atoms with van der Waals surface area (Å²) in [5, 5.41) is 0. The standard InChI is InChI=1S/C28H28B4N2/c1-23-29(25-15-7-3-8-16-25)33-31(27-19-11-5-12-20-27)24(2)32(28-21-13-6-14-22-28)34(33)30(23)26-17-9-4-10-18-26/h3-24H,1-2H3. The highest BCUT2D eigenvalue weighted by Crippen LogP contribution is 2.41. The van der Waals surface area contributed by atoms with E-state index in [2.05, 4.69) is 145 Å². The first-order valence-corrected chi connectivity index (χ1v) is 12.5. The largest absolute Gasteiger partial charge is 0.331 e. The lowest BCUT2D eigenvalue weighted by Crippen LogP contribution is -2.60.